The van der Waals surface area contributed by atoms with E-state index >= 15 is 0 Å². The van der Waals surface area contributed by atoms with Gasteiger partial charge in [0.1, 0.15) is 28.7 Å². The van der Waals surface area contributed by atoms with Gasteiger partial charge in [0, 0.05) is 24.0 Å². The third kappa shape index (κ3) is 5.81. The Morgan fingerprint density at radius 2 is 1.59 bits per heavy atom. The number of hydrogen-bond acceptors (Lipinski definition) is 7. The Labute approximate surface area is 177 Å². The van der Waals surface area contributed by atoms with Crippen LogP contribution in [-0.4, -0.2) is 37.7 Å². The average Bonchev–Trinajstić information content (AvgIpc) is 2.72. The maximum atomic E-state index is 13.0. The number of aromatic nitrogens is 4. The molecule has 0 radical (unpaired) electrons. The Morgan fingerprint density at radius 3 is 2.25 bits per heavy atom. The highest BCUT2D eigenvalue weighted by Crippen LogP contribution is 2.31. The van der Waals surface area contributed by atoms with E-state index in [1.807, 2.05) is 0 Å². The monoisotopic (exact) mass is 458 g/mol. The van der Waals surface area contributed by atoms with Crippen LogP contribution in [0.5, 0.6) is 0 Å². The molecule has 13 heteroatoms. The Bertz CT molecular complexity index is 1090. The maximum absolute atomic E-state index is 13.0. The molecule has 32 heavy (non-hydrogen) atoms. The zero-order chi connectivity index (χ0) is 23.5. The lowest BCUT2D eigenvalue weighted by molar-refractivity contribution is -0.141. The minimum atomic E-state index is -4.69. The van der Waals surface area contributed by atoms with Gasteiger partial charge in [0.2, 0.25) is 0 Å². The molecule has 0 aliphatic rings. The van der Waals surface area contributed by atoms with Gasteiger partial charge in [-0.25, -0.2) is 15.0 Å². The molecule has 0 bridgehead atoms. The summed E-state index contributed by atoms with van der Waals surface area (Å²) in [5.74, 6) is -0.108. The van der Waals surface area contributed by atoms with E-state index in [1.54, 1.807) is 6.92 Å². The summed E-state index contributed by atoms with van der Waals surface area (Å²) in [4.78, 5) is 15.0. The first-order valence-electron chi connectivity index (χ1n) is 9.07. The lowest BCUT2D eigenvalue weighted by Gasteiger charge is -2.15. The van der Waals surface area contributed by atoms with Crippen LogP contribution >= 0.6 is 0 Å². The largest absolute Gasteiger partial charge is 0.433 e. The molecule has 0 aliphatic heterocycles. The van der Waals surface area contributed by atoms with Crippen molar-refractivity contribution < 1.29 is 31.4 Å². The molecule has 1 atom stereocenters. The molecule has 170 valence electrons. The number of rotatable bonds is 6. The molecule has 3 N–H and O–H groups in total. The molecule has 0 aliphatic carbocycles. The van der Waals surface area contributed by atoms with E-state index in [0.29, 0.717) is 0 Å². The number of halogens is 6. The summed E-state index contributed by atoms with van der Waals surface area (Å²) < 4.78 is 77.9. The van der Waals surface area contributed by atoms with Crippen LogP contribution in [0, 0.1) is 0 Å². The number of anilines is 3. The number of aliphatic hydroxyl groups is 1. The second kappa shape index (κ2) is 8.94. The van der Waals surface area contributed by atoms with Crippen molar-refractivity contribution in [2.24, 2.45) is 0 Å². The molecule has 0 saturated carbocycles. The van der Waals surface area contributed by atoms with Crippen molar-refractivity contribution in [3.8, 4) is 11.5 Å². The normalized spacial score (nSPS) is 13.0. The molecule has 3 aromatic rings. The molecular weight excluding hydrogens is 442 g/mol. The summed E-state index contributed by atoms with van der Waals surface area (Å²) in [6, 6.07) is 6.07. The molecule has 1 unspecified atom stereocenters. The average molecular weight is 458 g/mol. The standard InChI is InChI=1S/C19H16F6N6O/c1-10(9-32)27-15-8-16(28-11-5-6-26-14(7-11)19(23,24)25)31-17(30-15)12-3-2-4-13(29-12)18(20,21)22/h2-8,10,32H,9H2,1H3,(H2,26,27,28,30,31). The van der Waals surface area contributed by atoms with Gasteiger partial charge in [-0.3, -0.25) is 4.98 Å². The Hall–Kier alpha value is -3.48. The van der Waals surface area contributed by atoms with E-state index < -0.39 is 29.8 Å². The zero-order valence-corrected chi connectivity index (χ0v) is 16.3. The third-order valence-corrected chi connectivity index (χ3v) is 3.99. The Balaban J connectivity index is 2.03. The summed E-state index contributed by atoms with van der Waals surface area (Å²) >= 11 is 0. The van der Waals surface area contributed by atoms with Gasteiger partial charge in [-0.2, -0.15) is 26.3 Å². The SMILES string of the molecule is CC(CO)Nc1cc(Nc2ccnc(C(F)(F)F)c2)nc(-c2cccc(C(F)(F)F)n2)n1. The van der Waals surface area contributed by atoms with Crippen molar-refractivity contribution in [2.75, 3.05) is 17.2 Å². The molecule has 0 fully saturated rings. The fraction of sp³-hybridized carbons (Fsp3) is 0.263. The topological polar surface area (TPSA) is 95.8 Å². The second-order valence-corrected chi connectivity index (χ2v) is 6.65. The fourth-order valence-corrected chi connectivity index (χ4v) is 2.53. The van der Waals surface area contributed by atoms with Gasteiger partial charge in [-0.05, 0) is 31.2 Å². The molecule has 3 heterocycles. The van der Waals surface area contributed by atoms with Crippen LogP contribution < -0.4 is 10.6 Å². The van der Waals surface area contributed by atoms with E-state index in [4.69, 9.17) is 0 Å². The summed E-state index contributed by atoms with van der Waals surface area (Å²) in [6.07, 6.45) is -8.41. The number of alkyl halides is 6. The van der Waals surface area contributed by atoms with E-state index in [-0.39, 0.29) is 35.4 Å². The van der Waals surface area contributed by atoms with Crippen molar-refractivity contribution in [2.45, 2.75) is 25.3 Å². The van der Waals surface area contributed by atoms with Crippen molar-refractivity contribution >= 4 is 17.3 Å². The first kappa shape index (κ1) is 23.2. The molecule has 0 amide bonds. The van der Waals surface area contributed by atoms with E-state index in [0.717, 1.165) is 24.4 Å². The highest BCUT2D eigenvalue weighted by molar-refractivity contribution is 5.64. The Kier molecular flexibility index (Phi) is 6.48. The summed E-state index contributed by atoms with van der Waals surface area (Å²) in [5, 5.41) is 14.7. The molecule has 7 nitrogen and oxygen atoms in total. The van der Waals surface area contributed by atoms with E-state index in [9.17, 15) is 31.4 Å². The molecule has 0 saturated heterocycles. The molecular formula is C19H16F6N6O. The van der Waals surface area contributed by atoms with Gasteiger partial charge in [0.15, 0.2) is 5.82 Å². The van der Waals surface area contributed by atoms with Crippen LogP contribution in [0.1, 0.15) is 18.3 Å². The number of pyridine rings is 2. The van der Waals surface area contributed by atoms with Crippen molar-refractivity contribution in [1.29, 1.82) is 0 Å². The van der Waals surface area contributed by atoms with Crippen molar-refractivity contribution in [3.05, 3.63) is 54.0 Å². The summed E-state index contributed by atoms with van der Waals surface area (Å²) in [5.41, 5.74) is -2.49. The minimum absolute atomic E-state index is 0.00451. The van der Waals surface area contributed by atoms with Gasteiger partial charge in [-0.1, -0.05) is 6.07 Å². The number of nitrogens with zero attached hydrogens (tertiary/aromatic N) is 4. The maximum Gasteiger partial charge on any atom is 0.433 e. The minimum Gasteiger partial charge on any atom is -0.394 e. The smallest absolute Gasteiger partial charge is 0.394 e. The van der Waals surface area contributed by atoms with E-state index in [2.05, 4.69) is 30.6 Å². The van der Waals surface area contributed by atoms with Crippen molar-refractivity contribution in [3.63, 3.8) is 0 Å². The highest BCUT2D eigenvalue weighted by atomic mass is 19.4. The van der Waals surface area contributed by atoms with Crippen molar-refractivity contribution in [1.82, 2.24) is 19.9 Å². The van der Waals surface area contributed by atoms with Gasteiger partial charge >= 0.3 is 12.4 Å². The number of nitrogens with one attached hydrogen (secondary N) is 2. The van der Waals surface area contributed by atoms with Crippen LogP contribution in [0.4, 0.5) is 43.7 Å². The van der Waals surface area contributed by atoms with Gasteiger partial charge in [0.05, 0.1) is 6.61 Å². The van der Waals surface area contributed by atoms with Gasteiger partial charge < -0.3 is 15.7 Å². The lowest BCUT2D eigenvalue weighted by Crippen LogP contribution is -2.20. The summed E-state index contributed by atoms with van der Waals surface area (Å²) in [7, 11) is 0. The molecule has 0 aromatic carbocycles. The first-order chi connectivity index (χ1) is 15.0. The second-order valence-electron chi connectivity index (χ2n) is 6.65. The zero-order valence-electron chi connectivity index (χ0n) is 16.3. The van der Waals surface area contributed by atoms with E-state index in [1.165, 1.54) is 18.2 Å². The number of aliphatic hydroxyl groups excluding tert-OH is 1. The first-order valence-corrected chi connectivity index (χ1v) is 9.07. The quantitative estimate of drug-likeness (QED) is 0.468. The number of hydrogen-bond donors (Lipinski definition) is 3. The van der Waals surface area contributed by atoms with Crippen LogP contribution in [0.2, 0.25) is 0 Å². The molecule has 0 spiro atoms. The van der Waals surface area contributed by atoms with Gasteiger partial charge in [0.25, 0.3) is 0 Å². The van der Waals surface area contributed by atoms with Crippen LogP contribution in [0.25, 0.3) is 11.5 Å². The third-order valence-electron chi connectivity index (χ3n) is 3.99. The fourth-order valence-electron chi connectivity index (χ4n) is 2.53. The lowest BCUT2D eigenvalue weighted by atomic mass is 10.2. The van der Waals surface area contributed by atoms with Gasteiger partial charge in [-0.15, -0.1) is 0 Å². The predicted molar refractivity (Wildman–Crippen MR) is 103 cm³/mol. The molecule has 3 aromatic heterocycles. The van der Waals surface area contributed by atoms with Crippen LogP contribution in [0.3, 0.4) is 0 Å². The Morgan fingerprint density at radius 1 is 0.906 bits per heavy atom. The highest BCUT2D eigenvalue weighted by Gasteiger charge is 2.33. The molecule has 3 rings (SSSR count). The van der Waals surface area contributed by atoms with Crippen LogP contribution in [-0.2, 0) is 12.4 Å². The predicted octanol–water partition coefficient (Wildman–Crippen LogP) is 4.51. The van der Waals surface area contributed by atoms with Crippen LogP contribution in [0.15, 0.2) is 42.6 Å². The summed E-state index contributed by atoms with van der Waals surface area (Å²) in [6.45, 7) is 1.35.